The molecule has 0 spiro atoms. The summed E-state index contributed by atoms with van der Waals surface area (Å²) in [6, 6.07) is 0. The largest absolute Gasteiger partial charge is 0.394 e. The topological polar surface area (TPSA) is 269 Å². The molecule has 0 unspecified atom stereocenters. The highest BCUT2D eigenvalue weighted by atomic mass is 16.8. The summed E-state index contributed by atoms with van der Waals surface area (Å²) >= 11 is 0. The monoisotopic (exact) mass is 504 g/mol. The third kappa shape index (κ3) is 4.96. The van der Waals surface area contributed by atoms with E-state index < -0.39 is 112 Å². The fourth-order valence-corrected chi connectivity index (χ4v) is 4.12. The van der Waals surface area contributed by atoms with Crippen molar-refractivity contribution in [2.75, 3.05) is 26.4 Å². The Bertz CT molecular complexity index is 651. The molecule has 3 aliphatic rings. The molecule has 3 saturated heterocycles. The SMILES string of the molecule is OC[C@H]1O[C@H](O[C@H]2[C@H](O)[C@@H](CO)O[C@@]2(CO)O[C@H]2O[C@H](CO)[C@@H](O)[C@H](O)[C@H]2O)[C@H](O)[C@@H](O)[C@H]1O. The van der Waals surface area contributed by atoms with Crippen LogP contribution in [-0.2, 0) is 23.7 Å². The summed E-state index contributed by atoms with van der Waals surface area (Å²) in [4.78, 5) is 0. The molecular formula is C18H32O16. The fourth-order valence-electron chi connectivity index (χ4n) is 4.12. The van der Waals surface area contributed by atoms with Gasteiger partial charge in [0.2, 0.25) is 5.79 Å². The molecule has 34 heavy (non-hydrogen) atoms. The smallest absolute Gasteiger partial charge is 0.224 e. The Kier molecular flexibility index (Phi) is 9.18. The second-order valence-electron chi connectivity index (χ2n) is 8.37. The Morgan fingerprint density at radius 1 is 0.559 bits per heavy atom. The van der Waals surface area contributed by atoms with E-state index in [1.165, 1.54) is 0 Å². The molecular weight excluding hydrogens is 472 g/mol. The standard InChI is InChI=1S/C18H32O16/c19-1-5-8(23)11(26)13(28)16(30-5)32-15-10(25)7(3-21)33-18(15,4-22)34-17-14(29)12(27)9(24)6(2-20)31-17/h5-17,19-29H,1-4H2/t5-,6-,7-,8+,9-,10-,11+,12+,13-,14-,15+,16-,17-,18+/m1/s1. The second-order valence-corrected chi connectivity index (χ2v) is 8.37. The summed E-state index contributed by atoms with van der Waals surface area (Å²) in [6.45, 7) is -3.49. The molecule has 11 N–H and O–H groups in total. The van der Waals surface area contributed by atoms with Gasteiger partial charge in [-0.1, -0.05) is 0 Å². The van der Waals surface area contributed by atoms with Crippen molar-refractivity contribution < 1.29 is 79.9 Å². The van der Waals surface area contributed by atoms with Crippen LogP contribution in [0.25, 0.3) is 0 Å². The summed E-state index contributed by atoms with van der Waals surface area (Å²) in [7, 11) is 0. The highest BCUT2D eigenvalue weighted by Crippen LogP contribution is 2.39. The molecule has 0 bridgehead atoms. The lowest BCUT2D eigenvalue weighted by molar-refractivity contribution is -0.400. The third-order valence-electron chi connectivity index (χ3n) is 6.17. The minimum atomic E-state index is -2.43. The van der Waals surface area contributed by atoms with E-state index in [2.05, 4.69) is 0 Å². The van der Waals surface area contributed by atoms with Gasteiger partial charge >= 0.3 is 0 Å². The molecule has 0 aromatic carbocycles. The Morgan fingerprint density at radius 3 is 1.50 bits per heavy atom. The van der Waals surface area contributed by atoms with E-state index in [1.54, 1.807) is 0 Å². The van der Waals surface area contributed by atoms with Gasteiger partial charge in [0, 0.05) is 0 Å². The molecule has 200 valence electrons. The first-order valence-corrected chi connectivity index (χ1v) is 10.6. The predicted octanol–water partition coefficient (Wildman–Crippen LogP) is -7.57. The van der Waals surface area contributed by atoms with Crippen LogP contribution in [0.4, 0.5) is 0 Å². The molecule has 0 aromatic rings. The van der Waals surface area contributed by atoms with Gasteiger partial charge < -0.3 is 79.9 Å². The quantitative estimate of drug-likeness (QED) is 0.146. The van der Waals surface area contributed by atoms with Gasteiger partial charge in [-0.15, -0.1) is 0 Å². The minimum absolute atomic E-state index is 0.777. The van der Waals surface area contributed by atoms with Crippen molar-refractivity contribution in [3.05, 3.63) is 0 Å². The molecule has 3 aliphatic heterocycles. The second kappa shape index (κ2) is 11.2. The molecule has 14 atom stereocenters. The van der Waals surface area contributed by atoms with Gasteiger partial charge in [0.05, 0.1) is 19.8 Å². The van der Waals surface area contributed by atoms with E-state index in [0.29, 0.717) is 0 Å². The highest BCUT2D eigenvalue weighted by Gasteiger charge is 2.61. The molecule has 0 aromatic heterocycles. The van der Waals surface area contributed by atoms with Gasteiger partial charge in [0.15, 0.2) is 12.6 Å². The summed E-state index contributed by atoms with van der Waals surface area (Å²) in [5.41, 5.74) is 0. The number of hydrogen-bond donors (Lipinski definition) is 11. The summed E-state index contributed by atoms with van der Waals surface area (Å²) in [5, 5.41) is 109. The van der Waals surface area contributed by atoms with E-state index in [0.717, 1.165) is 0 Å². The van der Waals surface area contributed by atoms with Crippen LogP contribution in [0, 0.1) is 0 Å². The Labute approximate surface area is 192 Å². The van der Waals surface area contributed by atoms with E-state index in [1.807, 2.05) is 0 Å². The normalized spacial score (nSPS) is 52.1. The first-order valence-electron chi connectivity index (χ1n) is 10.6. The van der Waals surface area contributed by atoms with Crippen LogP contribution < -0.4 is 0 Å². The Hall–Kier alpha value is -0.640. The van der Waals surface area contributed by atoms with Gasteiger partial charge in [-0.3, -0.25) is 0 Å². The number of aliphatic hydroxyl groups is 11. The maximum atomic E-state index is 10.6. The van der Waals surface area contributed by atoms with Crippen molar-refractivity contribution in [3.8, 4) is 0 Å². The van der Waals surface area contributed by atoms with Gasteiger partial charge in [-0.05, 0) is 0 Å². The number of rotatable bonds is 8. The zero-order chi connectivity index (χ0) is 25.4. The van der Waals surface area contributed by atoms with Crippen molar-refractivity contribution in [1.82, 2.24) is 0 Å². The van der Waals surface area contributed by atoms with Gasteiger partial charge in [-0.25, -0.2) is 0 Å². The van der Waals surface area contributed by atoms with Crippen LogP contribution >= 0.6 is 0 Å². The predicted molar refractivity (Wildman–Crippen MR) is 101 cm³/mol. The average Bonchev–Trinajstić information content (AvgIpc) is 3.10. The van der Waals surface area contributed by atoms with Gasteiger partial charge in [-0.2, -0.15) is 0 Å². The van der Waals surface area contributed by atoms with E-state index >= 15 is 0 Å². The molecule has 0 aliphatic carbocycles. The van der Waals surface area contributed by atoms with Crippen LogP contribution in [-0.4, -0.2) is 168 Å². The maximum Gasteiger partial charge on any atom is 0.224 e. The highest BCUT2D eigenvalue weighted by molar-refractivity contribution is 5.01. The van der Waals surface area contributed by atoms with E-state index in [9.17, 15) is 56.2 Å². The van der Waals surface area contributed by atoms with Crippen molar-refractivity contribution in [2.45, 2.75) is 85.5 Å². The average molecular weight is 504 g/mol. The number of aliphatic hydroxyl groups excluding tert-OH is 11. The molecule has 3 heterocycles. The number of ether oxygens (including phenoxy) is 5. The minimum Gasteiger partial charge on any atom is -0.394 e. The number of hydrogen-bond acceptors (Lipinski definition) is 16. The Morgan fingerprint density at radius 2 is 1.03 bits per heavy atom. The van der Waals surface area contributed by atoms with Crippen LogP contribution in [0.15, 0.2) is 0 Å². The third-order valence-corrected chi connectivity index (χ3v) is 6.17. The molecule has 0 saturated carbocycles. The van der Waals surface area contributed by atoms with Crippen LogP contribution in [0.1, 0.15) is 0 Å². The van der Waals surface area contributed by atoms with Crippen LogP contribution in [0.3, 0.4) is 0 Å². The maximum absolute atomic E-state index is 10.6. The summed E-state index contributed by atoms with van der Waals surface area (Å²) < 4.78 is 27.0. The molecule has 16 heteroatoms. The zero-order valence-electron chi connectivity index (χ0n) is 17.8. The molecule has 0 radical (unpaired) electrons. The molecule has 3 rings (SSSR count). The lowest BCUT2D eigenvalue weighted by atomic mass is 9.98. The van der Waals surface area contributed by atoms with Crippen molar-refractivity contribution in [1.29, 1.82) is 0 Å². The van der Waals surface area contributed by atoms with E-state index in [-0.39, 0.29) is 0 Å². The van der Waals surface area contributed by atoms with Gasteiger partial charge in [0.1, 0.15) is 73.8 Å². The lowest BCUT2D eigenvalue weighted by Crippen LogP contribution is -2.64. The summed E-state index contributed by atoms with van der Waals surface area (Å²) in [5.74, 6) is -2.43. The van der Waals surface area contributed by atoms with Crippen LogP contribution in [0.2, 0.25) is 0 Å². The molecule has 16 nitrogen and oxygen atoms in total. The fraction of sp³-hybridized carbons (Fsp3) is 1.00. The zero-order valence-corrected chi connectivity index (χ0v) is 17.8. The van der Waals surface area contributed by atoms with Crippen molar-refractivity contribution in [3.63, 3.8) is 0 Å². The first kappa shape index (κ1) is 27.9. The van der Waals surface area contributed by atoms with Gasteiger partial charge in [0.25, 0.3) is 0 Å². The Balaban J connectivity index is 1.87. The lowest BCUT2D eigenvalue weighted by Gasteiger charge is -2.45. The van der Waals surface area contributed by atoms with E-state index in [4.69, 9.17) is 23.7 Å². The van der Waals surface area contributed by atoms with Crippen molar-refractivity contribution in [2.24, 2.45) is 0 Å². The van der Waals surface area contributed by atoms with Crippen molar-refractivity contribution >= 4 is 0 Å². The first-order chi connectivity index (χ1) is 16.0. The summed E-state index contributed by atoms with van der Waals surface area (Å²) in [6.07, 6.45) is -22.3. The van der Waals surface area contributed by atoms with Crippen LogP contribution in [0.5, 0.6) is 0 Å². The molecule has 3 fully saturated rings. The molecule has 0 amide bonds.